The summed E-state index contributed by atoms with van der Waals surface area (Å²) >= 11 is 0. The lowest BCUT2D eigenvalue weighted by Crippen LogP contribution is -2.15. The highest BCUT2D eigenvalue weighted by atomic mass is 16.5. The molecule has 30 heavy (non-hydrogen) atoms. The summed E-state index contributed by atoms with van der Waals surface area (Å²) in [6, 6.07) is 17.0. The fraction of sp³-hybridized carbons (Fsp3) is 0.167. The van der Waals surface area contributed by atoms with Gasteiger partial charge in [-0.05, 0) is 48.9 Å². The number of H-pyrrole nitrogens is 1. The molecule has 0 unspecified atom stereocenters. The van der Waals surface area contributed by atoms with Gasteiger partial charge in [0.25, 0.3) is 5.91 Å². The van der Waals surface area contributed by atoms with Crippen LogP contribution in [0.25, 0.3) is 21.7 Å². The number of aromatic amines is 1. The molecule has 0 radical (unpaired) electrons. The maximum absolute atomic E-state index is 13.3. The van der Waals surface area contributed by atoms with Crippen LogP contribution in [0.4, 0.5) is 5.82 Å². The van der Waals surface area contributed by atoms with E-state index in [2.05, 4.69) is 27.4 Å². The van der Waals surface area contributed by atoms with Crippen molar-refractivity contribution in [2.24, 2.45) is 0 Å². The maximum Gasteiger partial charge on any atom is 0.261 e. The minimum Gasteiger partial charge on any atom is -0.493 e. The number of nitrogens with zero attached hydrogens (tertiary/aromatic N) is 1. The zero-order valence-electron chi connectivity index (χ0n) is 16.8. The second-order valence-corrected chi connectivity index (χ2v) is 6.54. The van der Waals surface area contributed by atoms with Crippen molar-refractivity contribution in [1.82, 2.24) is 10.2 Å². The molecule has 150 valence electrons. The van der Waals surface area contributed by atoms with E-state index in [-0.39, 0.29) is 5.91 Å². The number of amides is 1. The van der Waals surface area contributed by atoms with Gasteiger partial charge in [-0.2, -0.15) is 5.10 Å². The zero-order valence-corrected chi connectivity index (χ0v) is 16.8. The molecule has 1 heterocycles. The molecule has 1 aromatic heterocycles. The monoisotopic (exact) mass is 399 g/mol. The molecule has 0 aliphatic heterocycles. The van der Waals surface area contributed by atoms with Gasteiger partial charge in [-0.15, -0.1) is 5.92 Å². The van der Waals surface area contributed by atoms with Crippen LogP contribution in [0, 0.1) is 11.8 Å². The van der Waals surface area contributed by atoms with E-state index in [1.54, 1.807) is 6.92 Å². The fourth-order valence-corrected chi connectivity index (χ4v) is 3.30. The number of hydrogen-bond donors (Lipinski definition) is 2. The zero-order chi connectivity index (χ0) is 20.9. The number of anilines is 1. The number of nitrogens with one attached hydrogen (secondary N) is 2. The molecular weight excluding hydrogens is 378 g/mol. The Morgan fingerprint density at radius 3 is 2.80 bits per heavy atom. The van der Waals surface area contributed by atoms with Crippen molar-refractivity contribution in [2.45, 2.75) is 13.8 Å². The number of aromatic nitrogens is 2. The van der Waals surface area contributed by atoms with Crippen molar-refractivity contribution < 1.29 is 14.3 Å². The molecule has 6 heteroatoms. The molecule has 1 amide bonds. The van der Waals surface area contributed by atoms with Crippen LogP contribution < -0.4 is 14.8 Å². The second-order valence-electron chi connectivity index (χ2n) is 6.54. The first-order chi connectivity index (χ1) is 14.7. The Morgan fingerprint density at radius 1 is 1.10 bits per heavy atom. The van der Waals surface area contributed by atoms with Gasteiger partial charge >= 0.3 is 0 Å². The largest absolute Gasteiger partial charge is 0.493 e. The predicted molar refractivity (Wildman–Crippen MR) is 118 cm³/mol. The van der Waals surface area contributed by atoms with Crippen molar-refractivity contribution in [1.29, 1.82) is 0 Å². The van der Waals surface area contributed by atoms with Crippen molar-refractivity contribution in [3.05, 3.63) is 60.2 Å². The Kier molecular flexibility index (Phi) is 5.53. The molecule has 6 nitrogen and oxygen atoms in total. The molecule has 2 N–H and O–H groups in total. The van der Waals surface area contributed by atoms with E-state index >= 15 is 0 Å². The summed E-state index contributed by atoms with van der Waals surface area (Å²) < 4.78 is 11.4. The molecular formula is C24H21N3O3. The smallest absolute Gasteiger partial charge is 0.261 e. The summed E-state index contributed by atoms with van der Waals surface area (Å²) in [7, 11) is 0. The van der Waals surface area contributed by atoms with Gasteiger partial charge in [0.2, 0.25) is 0 Å². The first-order valence-electron chi connectivity index (χ1n) is 9.67. The fourth-order valence-electron chi connectivity index (χ4n) is 3.30. The Morgan fingerprint density at radius 2 is 1.97 bits per heavy atom. The van der Waals surface area contributed by atoms with Crippen LogP contribution in [-0.4, -0.2) is 29.3 Å². The summed E-state index contributed by atoms with van der Waals surface area (Å²) in [6.07, 6.45) is 0. The van der Waals surface area contributed by atoms with Gasteiger partial charge in [-0.25, -0.2) is 0 Å². The van der Waals surface area contributed by atoms with Crippen LogP contribution in [-0.2, 0) is 0 Å². The normalized spacial score (nSPS) is 10.5. The maximum atomic E-state index is 13.3. The van der Waals surface area contributed by atoms with Gasteiger partial charge < -0.3 is 14.8 Å². The summed E-state index contributed by atoms with van der Waals surface area (Å²) in [5.41, 5.74) is 1.28. The topological polar surface area (TPSA) is 76.2 Å². The van der Waals surface area contributed by atoms with Crippen LogP contribution in [0.2, 0.25) is 0 Å². The van der Waals surface area contributed by atoms with Gasteiger partial charge in [0.1, 0.15) is 18.1 Å². The van der Waals surface area contributed by atoms with E-state index in [0.29, 0.717) is 36.1 Å². The van der Waals surface area contributed by atoms with Crippen molar-refractivity contribution in [3.63, 3.8) is 0 Å². The number of hydrogen-bond acceptors (Lipinski definition) is 4. The standard InChI is InChI=1S/C24H21N3O3/c1-3-5-14-30-17-11-12-20-19(15-17)23(27-26-20)25-24(28)22-18-9-7-6-8-16(18)10-13-21(22)29-4-2/h6-13,15H,4,14H2,1-2H3,(H2,25,26,27,28). The lowest BCUT2D eigenvalue weighted by atomic mass is 10.0. The Labute approximate surface area is 174 Å². The van der Waals surface area contributed by atoms with Crippen molar-refractivity contribution >= 4 is 33.4 Å². The number of carbonyl (C=O) groups excluding carboxylic acids is 1. The molecule has 0 saturated carbocycles. The second kappa shape index (κ2) is 8.58. The quantitative estimate of drug-likeness (QED) is 0.458. The summed E-state index contributed by atoms with van der Waals surface area (Å²) in [4.78, 5) is 13.3. The van der Waals surface area contributed by atoms with Crippen LogP contribution in [0.15, 0.2) is 54.6 Å². The minimum atomic E-state index is -0.285. The van der Waals surface area contributed by atoms with Gasteiger partial charge in [0, 0.05) is 5.39 Å². The van der Waals surface area contributed by atoms with E-state index in [9.17, 15) is 4.79 Å². The number of benzene rings is 3. The SMILES string of the molecule is CC#CCOc1ccc2[nH]nc(NC(=O)c3c(OCC)ccc4ccccc34)c2c1. The third kappa shape index (κ3) is 3.78. The molecule has 4 aromatic rings. The molecule has 0 aliphatic carbocycles. The number of carbonyl (C=O) groups is 1. The molecule has 4 rings (SSSR count). The third-order valence-corrected chi connectivity index (χ3v) is 4.67. The lowest BCUT2D eigenvalue weighted by Gasteiger charge is -2.13. The number of rotatable bonds is 6. The summed E-state index contributed by atoms with van der Waals surface area (Å²) in [5, 5.41) is 12.7. The molecule has 0 aliphatic rings. The minimum absolute atomic E-state index is 0.285. The molecule has 3 aromatic carbocycles. The average molecular weight is 399 g/mol. The predicted octanol–water partition coefficient (Wildman–Crippen LogP) is 4.77. The number of ether oxygens (including phenoxy) is 2. The first kappa shape index (κ1) is 19.3. The van der Waals surface area contributed by atoms with E-state index in [4.69, 9.17) is 9.47 Å². The van der Waals surface area contributed by atoms with Crippen LogP contribution in [0.3, 0.4) is 0 Å². The van der Waals surface area contributed by atoms with Gasteiger partial charge in [0.05, 0.1) is 17.7 Å². The Bertz CT molecular complexity index is 1280. The summed E-state index contributed by atoms with van der Waals surface area (Å²) in [5.74, 6) is 6.99. The summed E-state index contributed by atoms with van der Waals surface area (Å²) in [6.45, 7) is 4.42. The van der Waals surface area contributed by atoms with Gasteiger partial charge in [0.15, 0.2) is 5.82 Å². The highest BCUT2D eigenvalue weighted by Crippen LogP contribution is 2.31. The molecule has 0 spiro atoms. The average Bonchev–Trinajstić information content (AvgIpc) is 3.16. The molecule has 0 atom stereocenters. The van der Waals surface area contributed by atoms with E-state index in [1.165, 1.54) is 0 Å². The highest BCUT2D eigenvalue weighted by molar-refractivity contribution is 6.16. The first-order valence-corrected chi connectivity index (χ1v) is 9.67. The van der Waals surface area contributed by atoms with Crippen molar-refractivity contribution in [2.75, 3.05) is 18.5 Å². The third-order valence-electron chi connectivity index (χ3n) is 4.67. The highest BCUT2D eigenvalue weighted by Gasteiger charge is 2.19. The molecule has 0 bridgehead atoms. The van der Waals surface area contributed by atoms with Gasteiger partial charge in [-0.3, -0.25) is 9.89 Å². The van der Waals surface area contributed by atoms with E-state index in [1.807, 2.05) is 61.5 Å². The lowest BCUT2D eigenvalue weighted by molar-refractivity contribution is 0.102. The van der Waals surface area contributed by atoms with Crippen molar-refractivity contribution in [3.8, 4) is 23.3 Å². The number of fused-ring (bicyclic) bond motifs is 2. The van der Waals surface area contributed by atoms with E-state index < -0.39 is 0 Å². The molecule has 0 fully saturated rings. The van der Waals surface area contributed by atoms with Gasteiger partial charge in [-0.1, -0.05) is 36.3 Å². The Hall–Kier alpha value is -3.98. The van der Waals surface area contributed by atoms with E-state index in [0.717, 1.165) is 21.7 Å². The molecule has 0 saturated heterocycles. The van der Waals surface area contributed by atoms with Crippen LogP contribution in [0.1, 0.15) is 24.2 Å². The van der Waals surface area contributed by atoms with Crippen LogP contribution in [0.5, 0.6) is 11.5 Å². The Balaban J connectivity index is 1.70. The van der Waals surface area contributed by atoms with Crippen LogP contribution >= 0.6 is 0 Å².